The van der Waals surface area contributed by atoms with Gasteiger partial charge >= 0.3 is 5.91 Å². The maximum absolute atomic E-state index is 12.1. The van der Waals surface area contributed by atoms with Crippen LogP contribution in [0.4, 0.5) is 0 Å². The van der Waals surface area contributed by atoms with Gasteiger partial charge in [0.25, 0.3) is 5.91 Å². The van der Waals surface area contributed by atoms with E-state index in [0.717, 1.165) is 17.1 Å². The van der Waals surface area contributed by atoms with Crippen molar-refractivity contribution in [3.63, 3.8) is 0 Å². The average Bonchev–Trinajstić information content (AvgIpc) is 3.22. The van der Waals surface area contributed by atoms with Gasteiger partial charge in [-0.05, 0) is 56.3 Å². The second kappa shape index (κ2) is 6.41. The lowest BCUT2D eigenvalue weighted by atomic mass is 10.2. The van der Waals surface area contributed by atoms with Gasteiger partial charge in [-0.25, -0.2) is 4.68 Å². The zero-order valence-corrected chi connectivity index (χ0v) is 13.2. The number of hydrogen-bond donors (Lipinski definition) is 2. The Balaban J connectivity index is 1.66. The van der Waals surface area contributed by atoms with E-state index in [4.69, 9.17) is 4.42 Å². The number of amides is 2. The molecule has 0 unspecified atom stereocenters. The Morgan fingerprint density at radius 3 is 2.33 bits per heavy atom. The SMILES string of the molecule is Cc1cc(C)n(-c2ccc(C(=O)NNC(=O)c3ccco3)cc2)n1. The highest BCUT2D eigenvalue weighted by molar-refractivity contribution is 5.98. The number of carbonyl (C=O) groups is 2. The second-order valence-corrected chi connectivity index (χ2v) is 5.27. The van der Waals surface area contributed by atoms with Crippen LogP contribution < -0.4 is 10.9 Å². The standard InChI is InChI=1S/C17H16N4O3/c1-11-10-12(2)21(20-11)14-7-5-13(6-8-14)16(22)18-19-17(23)15-4-3-9-24-15/h3-10H,1-2H3,(H,18,22)(H,19,23). The summed E-state index contributed by atoms with van der Waals surface area (Å²) in [6, 6.07) is 12.0. The van der Waals surface area contributed by atoms with Gasteiger partial charge in [0, 0.05) is 11.3 Å². The molecule has 7 nitrogen and oxygen atoms in total. The molecule has 7 heteroatoms. The Kier molecular flexibility index (Phi) is 4.15. The van der Waals surface area contributed by atoms with Crippen LogP contribution in [0, 0.1) is 13.8 Å². The van der Waals surface area contributed by atoms with Crippen molar-refractivity contribution in [3.8, 4) is 5.69 Å². The topological polar surface area (TPSA) is 89.2 Å². The normalized spacial score (nSPS) is 10.4. The van der Waals surface area contributed by atoms with E-state index >= 15 is 0 Å². The Bertz CT molecular complexity index is 864. The van der Waals surface area contributed by atoms with Gasteiger partial charge in [-0.1, -0.05) is 0 Å². The molecular weight excluding hydrogens is 308 g/mol. The molecule has 0 aliphatic rings. The first-order valence-electron chi connectivity index (χ1n) is 7.32. The smallest absolute Gasteiger partial charge is 0.305 e. The Hall–Kier alpha value is -3.35. The average molecular weight is 324 g/mol. The first kappa shape index (κ1) is 15.5. The van der Waals surface area contributed by atoms with Crippen molar-refractivity contribution in [2.24, 2.45) is 0 Å². The lowest BCUT2D eigenvalue weighted by Gasteiger charge is -2.08. The highest BCUT2D eigenvalue weighted by Crippen LogP contribution is 2.13. The maximum Gasteiger partial charge on any atom is 0.305 e. The number of furan rings is 1. The fourth-order valence-electron chi connectivity index (χ4n) is 2.30. The van der Waals surface area contributed by atoms with Crippen LogP contribution >= 0.6 is 0 Å². The Morgan fingerprint density at radius 1 is 1.04 bits per heavy atom. The van der Waals surface area contributed by atoms with Crippen molar-refractivity contribution in [3.05, 3.63) is 71.4 Å². The fraction of sp³-hybridized carbons (Fsp3) is 0.118. The summed E-state index contributed by atoms with van der Waals surface area (Å²) in [6.07, 6.45) is 1.38. The van der Waals surface area contributed by atoms with Gasteiger partial charge in [0.15, 0.2) is 5.76 Å². The molecule has 0 saturated carbocycles. The predicted octanol–water partition coefficient (Wildman–Crippen LogP) is 2.16. The molecule has 0 fully saturated rings. The van der Waals surface area contributed by atoms with Gasteiger partial charge < -0.3 is 4.42 Å². The highest BCUT2D eigenvalue weighted by atomic mass is 16.3. The van der Waals surface area contributed by atoms with Crippen LogP contribution in [0.2, 0.25) is 0 Å². The lowest BCUT2D eigenvalue weighted by molar-refractivity contribution is 0.0831. The minimum absolute atomic E-state index is 0.121. The van der Waals surface area contributed by atoms with E-state index in [9.17, 15) is 9.59 Å². The third-order valence-corrected chi connectivity index (χ3v) is 3.42. The van der Waals surface area contributed by atoms with Crippen LogP contribution in [-0.4, -0.2) is 21.6 Å². The molecule has 0 atom stereocenters. The van der Waals surface area contributed by atoms with E-state index in [1.165, 1.54) is 12.3 Å². The van der Waals surface area contributed by atoms with Crippen LogP contribution in [0.5, 0.6) is 0 Å². The minimum atomic E-state index is -0.521. The van der Waals surface area contributed by atoms with E-state index in [2.05, 4.69) is 16.0 Å². The third kappa shape index (κ3) is 3.19. The van der Waals surface area contributed by atoms with Gasteiger partial charge in [-0.3, -0.25) is 20.4 Å². The van der Waals surface area contributed by atoms with Crippen molar-refractivity contribution in [2.75, 3.05) is 0 Å². The highest BCUT2D eigenvalue weighted by Gasteiger charge is 2.11. The quantitative estimate of drug-likeness (QED) is 0.723. The number of benzene rings is 1. The summed E-state index contributed by atoms with van der Waals surface area (Å²) in [5.74, 6) is -0.822. The molecule has 2 aromatic heterocycles. The van der Waals surface area contributed by atoms with E-state index < -0.39 is 11.8 Å². The van der Waals surface area contributed by atoms with Crippen LogP contribution in [-0.2, 0) is 0 Å². The summed E-state index contributed by atoms with van der Waals surface area (Å²) >= 11 is 0. The molecule has 2 N–H and O–H groups in total. The summed E-state index contributed by atoms with van der Waals surface area (Å²) in [5, 5.41) is 4.39. The van der Waals surface area contributed by atoms with Crippen molar-refractivity contribution < 1.29 is 14.0 Å². The van der Waals surface area contributed by atoms with Crippen LogP contribution in [0.25, 0.3) is 5.69 Å². The number of hydrazine groups is 1. The summed E-state index contributed by atoms with van der Waals surface area (Å²) < 4.78 is 6.74. The molecule has 0 bridgehead atoms. The number of carbonyl (C=O) groups excluding carboxylic acids is 2. The molecule has 2 amide bonds. The molecule has 0 aliphatic carbocycles. The molecule has 1 aromatic carbocycles. The number of nitrogens with zero attached hydrogens (tertiary/aromatic N) is 2. The molecule has 0 radical (unpaired) electrons. The predicted molar refractivity (Wildman–Crippen MR) is 86.7 cm³/mol. The molecule has 0 aliphatic heterocycles. The molecular formula is C17H16N4O3. The number of rotatable bonds is 3. The van der Waals surface area contributed by atoms with Crippen molar-refractivity contribution in [1.82, 2.24) is 20.6 Å². The summed E-state index contributed by atoms with van der Waals surface area (Å²) in [6.45, 7) is 3.89. The molecule has 122 valence electrons. The lowest BCUT2D eigenvalue weighted by Crippen LogP contribution is -2.41. The molecule has 3 aromatic rings. The van der Waals surface area contributed by atoms with Crippen LogP contribution in [0.3, 0.4) is 0 Å². The number of hydrogen-bond acceptors (Lipinski definition) is 4. The Morgan fingerprint density at radius 2 is 1.75 bits per heavy atom. The zero-order chi connectivity index (χ0) is 17.1. The molecule has 0 spiro atoms. The van der Waals surface area contributed by atoms with Gasteiger partial charge in [0.2, 0.25) is 0 Å². The number of aromatic nitrogens is 2. The van der Waals surface area contributed by atoms with Crippen molar-refractivity contribution in [2.45, 2.75) is 13.8 Å². The third-order valence-electron chi connectivity index (χ3n) is 3.42. The summed E-state index contributed by atoms with van der Waals surface area (Å²) in [7, 11) is 0. The largest absolute Gasteiger partial charge is 0.459 e. The monoisotopic (exact) mass is 324 g/mol. The maximum atomic E-state index is 12.1. The van der Waals surface area contributed by atoms with Gasteiger partial charge in [0.05, 0.1) is 17.6 Å². The van der Waals surface area contributed by atoms with E-state index in [1.807, 2.05) is 19.9 Å². The molecule has 24 heavy (non-hydrogen) atoms. The molecule has 0 saturated heterocycles. The second-order valence-electron chi connectivity index (χ2n) is 5.27. The van der Waals surface area contributed by atoms with E-state index in [0.29, 0.717) is 5.56 Å². The number of aryl methyl sites for hydroxylation is 2. The first-order valence-corrected chi connectivity index (χ1v) is 7.32. The molecule has 2 heterocycles. The van der Waals surface area contributed by atoms with E-state index in [-0.39, 0.29) is 5.76 Å². The van der Waals surface area contributed by atoms with Gasteiger partial charge in [-0.15, -0.1) is 0 Å². The number of nitrogens with one attached hydrogen (secondary N) is 2. The summed E-state index contributed by atoms with van der Waals surface area (Å²) in [4.78, 5) is 23.7. The van der Waals surface area contributed by atoms with Crippen LogP contribution in [0.15, 0.2) is 53.1 Å². The van der Waals surface area contributed by atoms with Crippen LogP contribution in [0.1, 0.15) is 32.3 Å². The minimum Gasteiger partial charge on any atom is -0.459 e. The van der Waals surface area contributed by atoms with E-state index in [1.54, 1.807) is 35.0 Å². The molecule has 3 rings (SSSR count). The Labute approximate surface area is 138 Å². The first-order chi connectivity index (χ1) is 11.5. The fourth-order valence-corrected chi connectivity index (χ4v) is 2.30. The van der Waals surface area contributed by atoms with Gasteiger partial charge in [0.1, 0.15) is 0 Å². The van der Waals surface area contributed by atoms with Crippen molar-refractivity contribution in [1.29, 1.82) is 0 Å². The zero-order valence-electron chi connectivity index (χ0n) is 13.2. The van der Waals surface area contributed by atoms with Crippen molar-refractivity contribution >= 4 is 11.8 Å². The summed E-state index contributed by atoms with van der Waals surface area (Å²) in [5.41, 5.74) is 7.84. The van der Waals surface area contributed by atoms with Gasteiger partial charge in [-0.2, -0.15) is 5.10 Å².